The fourth-order valence-electron chi connectivity index (χ4n) is 4.17. The quantitative estimate of drug-likeness (QED) is 0.785. The molecule has 2 unspecified atom stereocenters. The molecule has 0 bridgehead atoms. The van der Waals surface area contributed by atoms with E-state index in [0.717, 1.165) is 29.0 Å². The van der Waals surface area contributed by atoms with Crippen LogP contribution in [0, 0.1) is 0 Å². The summed E-state index contributed by atoms with van der Waals surface area (Å²) in [5.74, 6) is 0.241. The van der Waals surface area contributed by atoms with Gasteiger partial charge >= 0.3 is 0 Å². The van der Waals surface area contributed by atoms with Gasteiger partial charge in [-0.05, 0) is 30.5 Å². The molecule has 26 heavy (non-hydrogen) atoms. The number of thioether (sulfide) groups is 1. The Bertz CT molecular complexity index is 819. The summed E-state index contributed by atoms with van der Waals surface area (Å²) in [5.41, 5.74) is 3.36. The maximum atomic E-state index is 12.8. The van der Waals surface area contributed by atoms with Crippen molar-refractivity contribution in [1.29, 1.82) is 0 Å². The lowest BCUT2D eigenvalue weighted by atomic mass is 9.93. The highest BCUT2D eigenvalue weighted by Crippen LogP contribution is 2.52. The third-order valence-corrected chi connectivity index (χ3v) is 6.78. The van der Waals surface area contributed by atoms with Gasteiger partial charge in [-0.25, -0.2) is 0 Å². The van der Waals surface area contributed by atoms with E-state index < -0.39 is 0 Å². The molecule has 2 fully saturated rings. The van der Waals surface area contributed by atoms with E-state index in [1.165, 1.54) is 5.56 Å². The van der Waals surface area contributed by atoms with E-state index >= 15 is 0 Å². The smallest absolute Gasteiger partial charge is 0.227 e. The van der Waals surface area contributed by atoms with Crippen molar-refractivity contribution in [2.45, 2.75) is 41.7 Å². The molecular weight excluding hydrogens is 346 g/mol. The lowest BCUT2D eigenvalue weighted by Crippen LogP contribution is -2.48. The molecule has 1 amide bonds. The van der Waals surface area contributed by atoms with Crippen molar-refractivity contribution in [3.63, 3.8) is 0 Å². The van der Waals surface area contributed by atoms with Crippen LogP contribution >= 0.6 is 11.8 Å². The Balaban J connectivity index is 1.58. The highest BCUT2D eigenvalue weighted by Gasteiger charge is 2.41. The van der Waals surface area contributed by atoms with E-state index in [2.05, 4.69) is 36.4 Å². The Labute approximate surface area is 157 Å². The van der Waals surface area contributed by atoms with Gasteiger partial charge in [0.2, 0.25) is 5.91 Å². The van der Waals surface area contributed by atoms with Crippen LogP contribution in [-0.4, -0.2) is 25.2 Å². The zero-order valence-corrected chi connectivity index (χ0v) is 15.3. The molecule has 2 aromatic rings. The predicted octanol–water partition coefficient (Wildman–Crippen LogP) is 4.46. The zero-order valence-electron chi connectivity index (χ0n) is 14.5. The number of nitrogens with zero attached hydrogens (tertiary/aromatic N) is 1. The van der Waals surface area contributed by atoms with Crippen molar-refractivity contribution in [3.8, 4) is 0 Å². The number of ether oxygens (including phenoxy) is 2. The summed E-state index contributed by atoms with van der Waals surface area (Å²) in [5, 5.41) is 0.258. The maximum absolute atomic E-state index is 12.8. The monoisotopic (exact) mass is 367 g/mol. The molecule has 5 heteroatoms. The van der Waals surface area contributed by atoms with Gasteiger partial charge in [-0.15, -0.1) is 11.8 Å². The maximum Gasteiger partial charge on any atom is 0.227 e. The normalized spacial score (nSPS) is 25.8. The fraction of sp³-hybridized carbons (Fsp3) is 0.381. The number of hydrogen-bond acceptors (Lipinski definition) is 4. The highest BCUT2D eigenvalue weighted by molar-refractivity contribution is 7.99. The van der Waals surface area contributed by atoms with Crippen LogP contribution in [0.25, 0.3) is 0 Å². The molecule has 3 heterocycles. The summed E-state index contributed by atoms with van der Waals surface area (Å²) >= 11 is 1.87. The van der Waals surface area contributed by atoms with Gasteiger partial charge in [0, 0.05) is 16.9 Å². The number of carbonyl (C=O) groups is 1. The summed E-state index contributed by atoms with van der Waals surface area (Å²) in [6.07, 6.45) is 2.37. The van der Waals surface area contributed by atoms with Crippen LogP contribution in [0.4, 0.5) is 5.69 Å². The van der Waals surface area contributed by atoms with Crippen molar-refractivity contribution in [3.05, 3.63) is 59.7 Å². The van der Waals surface area contributed by atoms with Crippen LogP contribution in [0.1, 0.15) is 41.9 Å². The van der Waals surface area contributed by atoms with Crippen molar-refractivity contribution in [2.75, 3.05) is 18.1 Å². The first-order valence-electron chi connectivity index (χ1n) is 9.22. The Morgan fingerprint density at radius 1 is 1.00 bits per heavy atom. The van der Waals surface area contributed by atoms with Crippen molar-refractivity contribution < 1.29 is 14.3 Å². The van der Waals surface area contributed by atoms with Crippen LogP contribution < -0.4 is 4.90 Å². The topological polar surface area (TPSA) is 38.8 Å². The number of piperidine rings is 1. The second-order valence-corrected chi connectivity index (χ2v) is 8.16. The van der Waals surface area contributed by atoms with Crippen LogP contribution in [0.5, 0.6) is 0 Å². The van der Waals surface area contributed by atoms with Crippen LogP contribution in [0.3, 0.4) is 0 Å². The molecule has 0 spiro atoms. The average Bonchev–Trinajstić information content (AvgIpc) is 3.22. The molecule has 134 valence electrons. The SMILES string of the molecule is O=C1CCCC2C(c3ccccc3)Sc3cc(C4OCCO4)ccc3N12. The molecule has 2 aromatic carbocycles. The molecule has 2 atom stereocenters. The molecule has 2 saturated heterocycles. The summed E-state index contributed by atoms with van der Waals surface area (Å²) < 4.78 is 11.3. The highest BCUT2D eigenvalue weighted by atomic mass is 32.2. The standard InChI is InChI=1S/C21H21NO3S/c23-19-8-4-7-17-20(14-5-2-1-3-6-14)26-18-13-15(21-24-11-12-25-21)9-10-16(18)22(17)19/h1-3,5-6,9-10,13,17,20-21H,4,7-8,11-12H2. The minimum absolute atomic E-state index is 0.223. The van der Waals surface area contributed by atoms with E-state index in [-0.39, 0.29) is 23.5 Å². The van der Waals surface area contributed by atoms with Gasteiger partial charge in [0.15, 0.2) is 6.29 Å². The minimum atomic E-state index is -0.286. The zero-order chi connectivity index (χ0) is 17.5. The molecule has 0 aliphatic carbocycles. The first-order chi connectivity index (χ1) is 12.8. The molecule has 4 nitrogen and oxygen atoms in total. The molecule has 0 aromatic heterocycles. The van der Waals surface area contributed by atoms with Gasteiger partial charge in [-0.3, -0.25) is 4.79 Å². The number of fused-ring (bicyclic) bond motifs is 3. The van der Waals surface area contributed by atoms with E-state index in [4.69, 9.17) is 9.47 Å². The molecule has 0 saturated carbocycles. The van der Waals surface area contributed by atoms with Gasteiger partial charge < -0.3 is 14.4 Å². The van der Waals surface area contributed by atoms with Crippen molar-refractivity contribution >= 4 is 23.4 Å². The molecule has 3 aliphatic rings. The van der Waals surface area contributed by atoms with Crippen LogP contribution in [-0.2, 0) is 14.3 Å². The lowest BCUT2D eigenvalue weighted by molar-refractivity contribution is -0.120. The largest absolute Gasteiger partial charge is 0.346 e. The van der Waals surface area contributed by atoms with E-state index in [1.54, 1.807) is 0 Å². The Morgan fingerprint density at radius 2 is 1.81 bits per heavy atom. The number of rotatable bonds is 2. The first kappa shape index (κ1) is 16.4. The summed E-state index contributed by atoms with van der Waals surface area (Å²) in [7, 11) is 0. The lowest BCUT2D eigenvalue weighted by Gasteiger charge is -2.45. The molecular formula is C21H21NO3S. The Hall–Kier alpha value is -1.82. The number of hydrogen-bond donors (Lipinski definition) is 0. The molecule has 3 aliphatic heterocycles. The van der Waals surface area contributed by atoms with Crippen molar-refractivity contribution in [1.82, 2.24) is 0 Å². The first-order valence-corrected chi connectivity index (χ1v) is 10.1. The second-order valence-electron chi connectivity index (χ2n) is 6.97. The molecule has 0 radical (unpaired) electrons. The Morgan fingerprint density at radius 3 is 2.62 bits per heavy atom. The summed E-state index contributed by atoms with van der Waals surface area (Å²) in [4.78, 5) is 16.0. The minimum Gasteiger partial charge on any atom is -0.346 e. The van der Waals surface area contributed by atoms with Crippen LogP contribution in [0.15, 0.2) is 53.4 Å². The van der Waals surface area contributed by atoms with Gasteiger partial charge in [0.25, 0.3) is 0 Å². The fourth-order valence-corrected chi connectivity index (χ4v) is 5.64. The van der Waals surface area contributed by atoms with Gasteiger partial charge in [0.05, 0.1) is 30.2 Å². The van der Waals surface area contributed by atoms with E-state index in [9.17, 15) is 4.79 Å². The summed E-state index contributed by atoms with van der Waals surface area (Å²) in [6, 6.07) is 17.0. The van der Waals surface area contributed by atoms with E-state index in [0.29, 0.717) is 19.6 Å². The van der Waals surface area contributed by atoms with E-state index in [1.807, 2.05) is 28.8 Å². The second kappa shape index (κ2) is 6.72. The predicted molar refractivity (Wildman–Crippen MR) is 101 cm³/mol. The average molecular weight is 367 g/mol. The van der Waals surface area contributed by atoms with Gasteiger partial charge in [0.1, 0.15) is 0 Å². The Kier molecular flexibility index (Phi) is 4.23. The van der Waals surface area contributed by atoms with Crippen LogP contribution in [0.2, 0.25) is 0 Å². The molecule has 0 N–H and O–H groups in total. The number of benzene rings is 2. The third-order valence-electron chi connectivity index (χ3n) is 5.36. The number of amides is 1. The summed E-state index contributed by atoms with van der Waals surface area (Å²) in [6.45, 7) is 1.27. The van der Waals surface area contributed by atoms with Gasteiger partial charge in [-0.2, -0.15) is 0 Å². The molecule has 5 rings (SSSR count). The third kappa shape index (κ3) is 2.75. The number of anilines is 1. The van der Waals surface area contributed by atoms with Crippen molar-refractivity contribution in [2.24, 2.45) is 0 Å². The van der Waals surface area contributed by atoms with Gasteiger partial charge in [-0.1, -0.05) is 36.4 Å². The number of carbonyl (C=O) groups excluding carboxylic acids is 1.